The molecule has 3 N–H and O–H groups in total. The highest BCUT2D eigenvalue weighted by Gasteiger charge is 2.23. The van der Waals surface area contributed by atoms with Crippen LogP contribution in [-0.2, 0) is 0 Å². The van der Waals surface area contributed by atoms with Crippen LogP contribution in [-0.4, -0.2) is 48.1 Å². The lowest BCUT2D eigenvalue weighted by Crippen LogP contribution is -2.44. The number of hydrogen-bond donors (Lipinski definition) is 2. The van der Waals surface area contributed by atoms with Gasteiger partial charge in [0.05, 0.1) is 5.52 Å². The molecule has 0 bridgehead atoms. The molecule has 2 heterocycles. The zero-order chi connectivity index (χ0) is 21.4. The molecule has 0 radical (unpaired) electrons. The van der Waals surface area contributed by atoms with E-state index in [1.165, 1.54) is 36.9 Å². The van der Waals surface area contributed by atoms with E-state index < -0.39 is 0 Å². The fourth-order valence-electron chi connectivity index (χ4n) is 5.05. The van der Waals surface area contributed by atoms with Crippen molar-refractivity contribution in [2.24, 2.45) is 0 Å². The van der Waals surface area contributed by atoms with E-state index in [0.717, 1.165) is 54.0 Å². The molecule has 0 atom stereocenters. The van der Waals surface area contributed by atoms with Crippen molar-refractivity contribution in [2.45, 2.75) is 38.5 Å². The summed E-state index contributed by atoms with van der Waals surface area (Å²) in [5.41, 5.74) is 13.0. The van der Waals surface area contributed by atoms with Gasteiger partial charge in [-0.3, -0.25) is 0 Å². The second-order valence-electron chi connectivity index (χ2n) is 9.10. The fraction of sp³-hybridized carbons (Fsp3) is 0.440. The molecule has 162 valence electrons. The van der Waals surface area contributed by atoms with Gasteiger partial charge in [0.25, 0.3) is 0 Å². The van der Waals surface area contributed by atoms with Crippen LogP contribution in [0.25, 0.3) is 10.9 Å². The summed E-state index contributed by atoms with van der Waals surface area (Å²) in [7, 11) is 2.18. The Labute approximate surface area is 184 Å². The van der Waals surface area contributed by atoms with E-state index in [0.29, 0.717) is 11.9 Å². The van der Waals surface area contributed by atoms with Gasteiger partial charge in [0.15, 0.2) is 0 Å². The number of hydrogen-bond acceptors (Lipinski definition) is 6. The third-order valence-corrected chi connectivity index (χ3v) is 6.91. The highest BCUT2D eigenvalue weighted by atomic mass is 15.2. The second kappa shape index (κ2) is 8.35. The number of aromatic nitrogens is 2. The highest BCUT2D eigenvalue weighted by Crippen LogP contribution is 2.41. The first-order chi connectivity index (χ1) is 15.1. The molecule has 0 amide bonds. The summed E-state index contributed by atoms with van der Waals surface area (Å²) in [6, 6.07) is 10.7. The van der Waals surface area contributed by atoms with E-state index in [2.05, 4.69) is 64.4 Å². The van der Waals surface area contributed by atoms with E-state index in [4.69, 9.17) is 10.7 Å². The van der Waals surface area contributed by atoms with E-state index in [-0.39, 0.29) is 0 Å². The van der Waals surface area contributed by atoms with Crippen LogP contribution in [0.3, 0.4) is 0 Å². The summed E-state index contributed by atoms with van der Waals surface area (Å²) in [5.74, 6) is 1.14. The van der Waals surface area contributed by atoms with Crippen molar-refractivity contribution in [3.63, 3.8) is 0 Å². The molecule has 1 saturated carbocycles. The Morgan fingerprint density at radius 1 is 1.03 bits per heavy atom. The largest absolute Gasteiger partial charge is 0.398 e. The number of benzene rings is 2. The van der Waals surface area contributed by atoms with Gasteiger partial charge in [-0.1, -0.05) is 12.8 Å². The Morgan fingerprint density at radius 2 is 1.74 bits per heavy atom. The van der Waals surface area contributed by atoms with E-state index in [1.807, 2.05) is 6.20 Å². The van der Waals surface area contributed by atoms with Crippen molar-refractivity contribution in [1.82, 2.24) is 14.9 Å². The normalized spacial score (nSPS) is 18.1. The molecule has 2 aromatic carbocycles. The minimum Gasteiger partial charge on any atom is -0.398 e. The van der Waals surface area contributed by atoms with Crippen LogP contribution in [0.5, 0.6) is 0 Å². The van der Waals surface area contributed by atoms with E-state index in [1.54, 1.807) is 0 Å². The highest BCUT2D eigenvalue weighted by molar-refractivity contribution is 5.90. The van der Waals surface area contributed by atoms with Gasteiger partial charge in [0, 0.05) is 60.4 Å². The molecular formula is C25H32N6. The average molecular weight is 417 g/mol. The predicted octanol–water partition coefficient (Wildman–Crippen LogP) is 4.67. The van der Waals surface area contributed by atoms with E-state index >= 15 is 0 Å². The van der Waals surface area contributed by atoms with E-state index in [9.17, 15) is 0 Å². The van der Waals surface area contributed by atoms with Gasteiger partial charge in [-0.25, -0.2) is 9.97 Å². The molecule has 0 spiro atoms. The number of piperazine rings is 1. The number of nitrogens with zero attached hydrogens (tertiary/aromatic N) is 4. The smallest absolute Gasteiger partial charge is 0.227 e. The van der Waals surface area contributed by atoms with Crippen LogP contribution in [0.15, 0.2) is 36.5 Å². The molecule has 5 rings (SSSR count). The fourth-order valence-corrected chi connectivity index (χ4v) is 5.05. The molecular weight excluding hydrogens is 384 g/mol. The number of aryl methyl sites for hydroxylation is 1. The number of fused-ring (bicyclic) bond motifs is 1. The summed E-state index contributed by atoms with van der Waals surface area (Å²) in [6.45, 7) is 6.45. The first kappa shape index (κ1) is 20.1. The number of nitrogens with one attached hydrogen (secondary N) is 1. The molecule has 6 heteroatoms. The van der Waals surface area contributed by atoms with Crippen molar-refractivity contribution in [1.29, 1.82) is 0 Å². The van der Waals surface area contributed by atoms with Gasteiger partial charge in [0.2, 0.25) is 5.95 Å². The van der Waals surface area contributed by atoms with Crippen LogP contribution >= 0.6 is 0 Å². The summed E-state index contributed by atoms with van der Waals surface area (Å²) in [6.07, 6.45) is 6.88. The molecule has 1 aliphatic heterocycles. The van der Waals surface area contributed by atoms with Crippen LogP contribution in [0.2, 0.25) is 0 Å². The lowest BCUT2D eigenvalue weighted by molar-refractivity contribution is 0.313. The van der Waals surface area contributed by atoms with Gasteiger partial charge in [-0.15, -0.1) is 0 Å². The lowest BCUT2D eigenvalue weighted by Gasteiger charge is -2.34. The summed E-state index contributed by atoms with van der Waals surface area (Å²) < 4.78 is 0. The maximum atomic E-state index is 6.48. The number of likely N-dealkylation sites (N-methyl/N-ethyl adjacent to an activating group) is 1. The Morgan fingerprint density at radius 3 is 2.45 bits per heavy atom. The Balaban J connectivity index is 1.41. The quantitative estimate of drug-likeness (QED) is 0.602. The maximum Gasteiger partial charge on any atom is 0.227 e. The lowest BCUT2D eigenvalue weighted by atomic mass is 9.92. The topological polar surface area (TPSA) is 70.3 Å². The Bertz CT molecular complexity index is 1060. The molecule has 2 fully saturated rings. The summed E-state index contributed by atoms with van der Waals surface area (Å²) >= 11 is 0. The van der Waals surface area contributed by atoms with Crippen LogP contribution in [0, 0.1) is 6.92 Å². The number of anilines is 4. The average Bonchev–Trinajstić information content (AvgIpc) is 3.29. The SMILES string of the molecule is Cc1cc(N)c(C2CCCC2)c2nc(Nc3ccc(N4CCN(C)CC4)cc3)ncc12. The van der Waals surface area contributed by atoms with Crippen molar-refractivity contribution in [3.05, 3.63) is 47.7 Å². The Hall–Kier alpha value is -2.86. The first-order valence-electron chi connectivity index (χ1n) is 11.4. The minimum absolute atomic E-state index is 0.508. The molecule has 31 heavy (non-hydrogen) atoms. The molecule has 3 aromatic rings. The van der Waals surface area contributed by atoms with Crippen molar-refractivity contribution >= 4 is 33.9 Å². The third kappa shape index (κ3) is 4.04. The van der Waals surface area contributed by atoms with Gasteiger partial charge in [0.1, 0.15) is 0 Å². The number of rotatable bonds is 4. The maximum absolute atomic E-state index is 6.48. The van der Waals surface area contributed by atoms with Crippen molar-refractivity contribution in [2.75, 3.05) is 49.2 Å². The van der Waals surface area contributed by atoms with Crippen LogP contribution in [0.1, 0.15) is 42.7 Å². The van der Waals surface area contributed by atoms with Crippen LogP contribution < -0.4 is 16.0 Å². The minimum atomic E-state index is 0.508. The molecule has 2 aliphatic rings. The van der Waals surface area contributed by atoms with Gasteiger partial charge in [-0.05, 0) is 68.6 Å². The predicted molar refractivity (Wildman–Crippen MR) is 129 cm³/mol. The van der Waals surface area contributed by atoms with Crippen LogP contribution in [0.4, 0.5) is 23.0 Å². The van der Waals surface area contributed by atoms with Gasteiger partial charge in [-0.2, -0.15) is 0 Å². The molecule has 0 unspecified atom stereocenters. The first-order valence-corrected chi connectivity index (χ1v) is 11.4. The third-order valence-electron chi connectivity index (χ3n) is 6.91. The Kier molecular flexibility index (Phi) is 5.40. The number of nitrogens with two attached hydrogens (primary N) is 1. The monoisotopic (exact) mass is 416 g/mol. The second-order valence-corrected chi connectivity index (χ2v) is 9.10. The van der Waals surface area contributed by atoms with Crippen molar-refractivity contribution in [3.8, 4) is 0 Å². The summed E-state index contributed by atoms with van der Waals surface area (Å²) in [4.78, 5) is 14.4. The zero-order valence-corrected chi connectivity index (χ0v) is 18.6. The standard InChI is InChI=1S/C25H32N6/c1-17-15-22(26)23(18-5-3-4-6-18)24-21(17)16-27-25(29-24)28-19-7-9-20(10-8-19)31-13-11-30(2)12-14-31/h7-10,15-16,18H,3-6,11-14,26H2,1-2H3,(H,27,28,29). The molecule has 1 saturated heterocycles. The molecule has 1 aromatic heterocycles. The van der Waals surface area contributed by atoms with Gasteiger partial charge < -0.3 is 20.9 Å². The summed E-state index contributed by atoms with van der Waals surface area (Å²) in [5, 5.41) is 4.50. The van der Waals surface area contributed by atoms with Gasteiger partial charge >= 0.3 is 0 Å². The zero-order valence-electron chi connectivity index (χ0n) is 18.6. The van der Waals surface area contributed by atoms with Crippen molar-refractivity contribution < 1.29 is 0 Å². The number of nitrogen functional groups attached to an aromatic ring is 1. The molecule has 6 nitrogen and oxygen atoms in total. The molecule has 1 aliphatic carbocycles.